The Morgan fingerprint density at radius 3 is 2.70 bits per heavy atom. The van der Waals surface area contributed by atoms with Crippen LogP contribution in [0, 0.1) is 0 Å². The van der Waals surface area contributed by atoms with Gasteiger partial charge in [-0.05, 0) is 61.5 Å². The highest BCUT2D eigenvalue weighted by molar-refractivity contribution is 9.10. The highest BCUT2D eigenvalue weighted by atomic mass is 79.9. The molecule has 1 atom stereocenters. The van der Waals surface area contributed by atoms with Gasteiger partial charge in [-0.2, -0.15) is 0 Å². The first-order chi connectivity index (χ1) is 13.2. The highest BCUT2D eigenvalue weighted by Crippen LogP contribution is 2.37. The van der Waals surface area contributed by atoms with Gasteiger partial charge in [0.15, 0.2) is 6.17 Å². The van der Waals surface area contributed by atoms with Gasteiger partial charge in [-0.3, -0.25) is 14.7 Å². The van der Waals surface area contributed by atoms with Crippen molar-refractivity contribution >= 4 is 33.2 Å². The lowest BCUT2D eigenvalue weighted by Gasteiger charge is -2.26. The maximum atomic E-state index is 13.1. The average molecular weight is 424 g/mol. The lowest BCUT2D eigenvalue weighted by atomic mass is 10.2. The Morgan fingerprint density at radius 1 is 1.15 bits per heavy atom. The molecule has 136 valence electrons. The van der Waals surface area contributed by atoms with Gasteiger partial charge < -0.3 is 10.1 Å². The molecule has 0 saturated heterocycles. The van der Waals surface area contributed by atoms with Crippen LogP contribution >= 0.6 is 15.9 Å². The van der Waals surface area contributed by atoms with Gasteiger partial charge in [-0.15, -0.1) is 0 Å². The zero-order valence-electron chi connectivity index (χ0n) is 14.7. The van der Waals surface area contributed by atoms with Crippen molar-refractivity contribution in [3.8, 4) is 5.75 Å². The molecular formula is C21H18BrN3O2. The van der Waals surface area contributed by atoms with Gasteiger partial charge in [0.1, 0.15) is 5.75 Å². The minimum absolute atomic E-state index is 0.0743. The number of amides is 1. The third kappa shape index (κ3) is 3.40. The summed E-state index contributed by atoms with van der Waals surface area (Å²) in [6.45, 7) is 2.54. The fraction of sp³-hybridized carbons (Fsp3) is 0.143. The Bertz CT molecular complexity index is 975. The first kappa shape index (κ1) is 17.5. The van der Waals surface area contributed by atoms with Crippen molar-refractivity contribution in [2.24, 2.45) is 0 Å². The van der Waals surface area contributed by atoms with Crippen LogP contribution in [0.4, 0.5) is 11.4 Å². The van der Waals surface area contributed by atoms with Gasteiger partial charge in [-0.25, -0.2) is 0 Å². The molecule has 1 amide bonds. The number of fused-ring (bicyclic) bond motifs is 1. The molecule has 1 aliphatic rings. The zero-order chi connectivity index (χ0) is 18.8. The smallest absolute Gasteiger partial charge is 0.262 e. The van der Waals surface area contributed by atoms with Crippen molar-refractivity contribution in [3.05, 3.63) is 82.6 Å². The SMILES string of the molecule is CCOc1ccc(N2C(=O)c3cccnc3C2Nc2cccc(Br)c2)cc1. The van der Waals surface area contributed by atoms with Crippen LogP contribution in [0.2, 0.25) is 0 Å². The van der Waals surface area contributed by atoms with Gasteiger partial charge in [0.05, 0.1) is 17.9 Å². The number of pyridine rings is 1. The first-order valence-electron chi connectivity index (χ1n) is 8.71. The van der Waals surface area contributed by atoms with E-state index in [1.54, 1.807) is 17.2 Å². The van der Waals surface area contributed by atoms with Crippen molar-refractivity contribution < 1.29 is 9.53 Å². The molecule has 3 aromatic rings. The molecule has 1 N–H and O–H groups in total. The number of halogens is 1. The van der Waals surface area contributed by atoms with Gasteiger partial charge in [0.2, 0.25) is 0 Å². The molecule has 6 heteroatoms. The summed E-state index contributed by atoms with van der Waals surface area (Å²) in [6.07, 6.45) is 1.32. The average Bonchev–Trinajstić information content (AvgIpc) is 2.95. The molecule has 0 aliphatic carbocycles. The number of nitrogens with zero attached hydrogens (tertiary/aromatic N) is 2. The number of hydrogen-bond donors (Lipinski definition) is 1. The van der Waals surface area contributed by atoms with Crippen molar-refractivity contribution in [1.29, 1.82) is 0 Å². The number of carbonyl (C=O) groups excluding carboxylic acids is 1. The van der Waals surface area contributed by atoms with Crippen LogP contribution in [0.15, 0.2) is 71.3 Å². The Hall–Kier alpha value is -2.86. The molecule has 1 unspecified atom stereocenters. The Balaban J connectivity index is 1.73. The van der Waals surface area contributed by atoms with E-state index in [-0.39, 0.29) is 12.1 Å². The molecule has 2 heterocycles. The van der Waals surface area contributed by atoms with E-state index in [4.69, 9.17) is 4.74 Å². The van der Waals surface area contributed by atoms with E-state index in [0.717, 1.165) is 27.3 Å². The maximum Gasteiger partial charge on any atom is 0.262 e. The standard InChI is InChI=1S/C21H18BrN3O2/c1-2-27-17-10-8-16(9-11-17)25-20(24-15-6-3-5-14(22)13-15)19-18(21(25)26)7-4-12-23-19/h3-13,20,24H,2H2,1H3. The maximum absolute atomic E-state index is 13.1. The summed E-state index contributed by atoms with van der Waals surface area (Å²) >= 11 is 3.49. The molecule has 1 aliphatic heterocycles. The van der Waals surface area contributed by atoms with Crippen LogP contribution in [0.25, 0.3) is 0 Å². The number of carbonyl (C=O) groups is 1. The number of nitrogens with one attached hydrogen (secondary N) is 1. The molecule has 2 aromatic carbocycles. The topological polar surface area (TPSA) is 54.5 Å². The minimum atomic E-state index is -0.388. The summed E-state index contributed by atoms with van der Waals surface area (Å²) in [5.74, 6) is 0.704. The molecule has 0 fully saturated rings. The second-order valence-corrected chi connectivity index (χ2v) is 7.01. The summed E-state index contributed by atoms with van der Waals surface area (Å²) in [6, 6.07) is 19.0. The number of rotatable bonds is 5. The second-order valence-electron chi connectivity index (χ2n) is 6.10. The van der Waals surface area contributed by atoms with E-state index in [9.17, 15) is 4.79 Å². The van der Waals surface area contributed by atoms with E-state index < -0.39 is 0 Å². The molecule has 0 radical (unpaired) electrons. The van der Waals surface area contributed by atoms with Gasteiger partial charge in [0, 0.05) is 22.0 Å². The van der Waals surface area contributed by atoms with E-state index >= 15 is 0 Å². The van der Waals surface area contributed by atoms with Crippen LogP contribution in [0.3, 0.4) is 0 Å². The normalized spacial score (nSPS) is 15.6. The van der Waals surface area contributed by atoms with Crippen molar-refractivity contribution in [2.45, 2.75) is 13.1 Å². The van der Waals surface area contributed by atoms with Crippen molar-refractivity contribution in [2.75, 3.05) is 16.8 Å². The van der Waals surface area contributed by atoms with Gasteiger partial charge >= 0.3 is 0 Å². The van der Waals surface area contributed by atoms with Crippen LogP contribution in [-0.2, 0) is 0 Å². The molecular weight excluding hydrogens is 406 g/mol. The van der Waals surface area contributed by atoms with Gasteiger partial charge in [-0.1, -0.05) is 22.0 Å². The third-order valence-electron chi connectivity index (χ3n) is 4.36. The molecule has 1 aromatic heterocycles. The number of hydrogen-bond acceptors (Lipinski definition) is 4. The molecule has 0 bridgehead atoms. The van der Waals surface area contributed by atoms with E-state index in [2.05, 4.69) is 26.2 Å². The number of anilines is 2. The van der Waals surface area contributed by atoms with Crippen LogP contribution in [0.1, 0.15) is 29.1 Å². The first-order valence-corrected chi connectivity index (χ1v) is 9.50. The monoisotopic (exact) mass is 423 g/mol. The Morgan fingerprint density at radius 2 is 1.96 bits per heavy atom. The summed E-state index contributed by atoms with van der Waals surface area (Å²) in [7, 11) is 0. The quantitative estimate of drug-likeness (QED) is 0.626. The predicted molar refractivity (Wildman–Crippen MR) is 109 cm³/mol. The molecule has 4 rings (SSSR count). The largest absolute Gasteiger partial charge is 0.494 e. The predicted octanol–water partition coefficient (Wildman–Crippen LogP) is 5.01. The summed E-state index contributed by atoms with van der Waals surface area (Å²) in [4.78, 5) is 19.3. The van der Waals surface area contributed by atoms with Crippen LogP contribution < -0.4 is 15.0 Å². The third-order valence-corrected chi connectivity index (χ3v) is 4.85. The second kappa shape index (κ2) is 7.40. The summed E-state index contributed by atoms with van der Waals surface area (Å²) in [5.41, 5.74) is 3.01. The van der Waals surface area contributed by atoms with Crippen molar-refractivity contribution in [3.63, 3.8) is 0 Å². The Kier molecular flexibility index (Phi) is 4.81. The minimum Gasteiger partial charge on any atom is -0.494 e. The van der Waals surface area contributed by atoms with Gasteiger partial charge in [0.25, 0.3) is 5.91 Å². The number of benzene rings is 2. The zero-order valence-corrected chi connectivity index (χ0v) is 16.3. The summed E-state index contributed by atoms with van der Waals surface area (Å²) in [5, 5.41) is 3.44. The van der Waals surface area contributed by atoms with Crippen molar-refractivity contribution in [1.82, 2.24) is 4.98 Å². The lowest BCUT2D eigenvalue weighted by Crippen LogP contribution is -2.32. The molecule has 5 nitrogen and oxygen atoms in total. The lowest BCUT2D eigenvalue weighted by molar-refractivity contribution is 0.0993. The highest BCUT2D eigenvalue weighted by Gasteiger charge is 2.39. The van der Waals surface area contributed by atoms with E-state index in [1.807, 2.05) is 61.5 Å². The number of aromatic nitrogens is 1. The van der Waals surface area contributed by atoms with E-state index in [0.29, 0.717) is 12.2 Å². The van der Waals surface area contributed by atoms with E-state index in [1.165, 1.54) is 0 Å². The van der Waals surface area contributed by atoms with Crippen LogP contribution in [-0.4, -0.2) is 17.5 Å². The van der Waals surface area contributed by atoms with Crippen LogP contribution in [0.5, 0.6) is 5.75 Å². The molecule has 27 heavy (non-hydrogen) atoms. The fourth-order valence-corrected chi connectivity index (χ4v) is 3.59. The Labute approximate surface area is 166 Å². The summed E-state index contributed by atoms with van der Waals surface area (Å²) < 4.78 is 6.47. The molecule has 0 spiro atoms. The number of ether oxygens (including phenoxy) is 1. The fourth-order valence-electron chi connectivity index (χ4n) is 3.19. The molecule has 0 saturated carbocycles.